The summed E-state index contributed by atoms with van der Waals surface area (Å²) in [5.74, 6) is 0.617. The van der Waals surface area contributed by atoms with E-state index >= 15 is 0 Å². The Morgan fingerprint density at radius 1 is 1.50 bits per heavy atom. The molecule has 0 unspecified atom stereocenters. The van der Waals surface area contributed by atoms with E-state index in [2.05, 4.69) is 14.7 Å². The van der Waals surface area contributed by atoms with Crippen LogP contribution < -0.4 is 4.57 Å². The molecular formula is C8H8N3O+. The van der Waals surface area contributed by atoms with Crippen molar-refractivity contribution in [1.82, 2.24) is 10.1 Å². The highest BCUT2D eigenvalue weighted by Crippen LogP contribution is 2.09. The van der Waals surface area contributed by atoms with E-state index in [1.165, 1.54) is 6.39 Å². The van der Waals surface area contributed by atoms with Crippen LogP contribution >= 0.6 is 0 Å². The fraction of sp³-hybridized carbons (Fsp3) is 0.125. The van der Waals surface area contributed by atoms with Crippen molar-refractivity contribution >= 4 is 0 Å². The third-order valence-corrected chi connectivity index (χ3v) is 1.56. The monoisotopic (exact) mass is 162 g/mol. The van der Waals surface area contributed by atoms with E-state index < -0.39 is 0 Å². The fourth-order valence-electron chi connectivity index (χ4n) is 1.02. The van der Waals surface area contributed by atoms with Crippen molar-refractivity contribution in [2.75, 3.05) is 0 Å². The van der Waals surface area contributed by atoms with Crippen molar-refractivity contribution in [3.8, 4) is 11.4 Å². The zero-order chi connectivity index (χ0) is 8.39. The number of aromatic nitrogens is 3. The maximum Gasteiger partial charge on any atom is 0.214 e. The molecule has 0 amide bonds. The Hall–Kier alpha value is -1.71. The first-order valence-electron chi connectivity index (χ1n) is 3.58. The van der Waals surface area contributed by atoms with Gasteiger partial charge in [0.2, 0.25) is 12.2 Å². The summed E-state index contributed by atoms with van der Waals surface area (Å²) in [5, 5.41) is 3.73. The molecule has 4 nitrogen and oxygen atoms in total. The molecule has 0 aliphatic carbocycles. The highest BCUT2D eigenvalue weighted by Gasteiger charge is 2.05. The van der Waals surface area contributed by atoms with Gasteiger partial charge in [-0.1, -0.05) is 5.16 Å². The quantitative estimate of drug-likeness (QED) is 0.575. The predicted octanol–water partition coefficient (Wildman–Crippen LogP) is 0.561. The van der Waals surface area contributed by atoms with Gasteiger partial charge in [0.25, 0.3) is 0 Å². The number of rotatable bonds is 1. The summed E-state index contributed by atoms with van der Waals surface area (Å²) in [4.78, 5) is 3.94. The number of pyridine rings is 1. The Labute approximate surface area is 69.5 Å². The lowest BCUT2D eigenvalue weighted by Gasteiger charge is -1.89. The Bertz CT molecular complexity index is 370. The molecule has 0 spiro atoms. The van der Waals surface area contributed by atoms with Gasteiger partial charge in [-0.3, -0.25) is 0 Å². The van der Waals surface area contributed by atoms with Gasteiger partial charge in [0.1, 0.15) is 7.05 Å². The highest BCUT2D eigenvalue weighted by molar-refractivity contribution is 5.50. The predicted molar refractivity (Wildman–Crippen MR) is 40.9 cm³/mol. The minimum absolute atomic E-state index is 0.617. The van der Waals surface area contributed by atoms with Crippen molar-refractivity contribution in [3.63, 3.8) is 0 Å². The van der Waals surface area contributed by atoms with Crippen LogP contribution in [0.15, 0.2) is 35.4 Å². The van der Waals surface area contributed by atoms with Crippen LogP contribution in [-0.4, -0.2) is 10.1 Å². The van der Waals surface area contributed by atoms with Crippen molar-refractivity contribution in [1.29, 1.82) is 0 Å². The second-order valence-electron chi connectivity index (χ2n) is 2.51. The Kier molecular flexibility index (Phi) is 1.59. The Morgan fingerprint density at radius 2 is 2.42 bits per heavy atom. The van der Waals surface area contributed by atoms with Gasteiger partial charge in [0.15, 0.2) is 12.4 Å². The number of nitrogens with zero attached hydrogens (tertiary/aromatic N) is 3. The van der Waals surface area contributed by atoms with Crippen LogP contribution in [-0.2, 0) is 7.05 Å². The highest BCUT2D eigenvalue weighted by atomic mass is 16.5. The maximum atomic E-state index is 4.64. The standard InChI is InChI=1S/C8H8N3O/c1-11-4-2-3-7(5-11)8-9-6-12-10-8/h2-6H,1H3/q+1. The molecule has 60 valence electrons. The molecule has 0 atom stereocenters. The number of hydrogen-bond donors (Lipinski definition) is 0. The zero-order valence-corrected chi connectivity index (χ0v) is 6.64. The molecule has 0 saturated carbocycles. The van der Waals surface area contributed by atoms with Gasteiger partial charge in [0.05, 0.1) is 5.56 Å². The number of aryl methyl sites for hydroxylation is 1. The van der Waals surface area contributed by atoms with Gasteiger partial charge in [-0.2, -0.15) is 4.98 Å². The van der Waals surface area contributed by atoms with Crippen LogP contribution in [0.25, 0.3) is 11.4 Å². The van der Waals surface area contributed by atoms with E-state index in [0.29, 0.717) is 5.82 Å². The lowest BCUT2D eigenvalue weighted by Crippen LogP contribution is -2.26. The molecule has 2 aromatic heterocycles. The molecule has 0 aromatic carbocycles. The molecule has 0 aliphatic heterocycles. The zero-order valence-electron chi connectivity index (χ0n) is 6.64. The van der Waals surface area contributed by atoms with E-state index in [1.807, 2.05) is 36.1 Å². The van der Waals surface area contributed by atoms with E-state index in [-0.39, 0.29) is 0 Å². The van der Waals surface area contributed by atoms with E-state index in [0.717, 1.165) is 5.56 Å². The molecule has 2 aromatic rings. The summed E-state index contributed by atoms with van der Waals surface area (Å²) < 4.78 is 6.57. The maximum absolute atomic E-state index is 4.64. The molecule has 0 radical (unpaired) electrons. The van der Waals surface area contributed by atoms with Crippen molar-refractivity contribution < 1.29 is 9.09 Å². The third kappa shape index (κ3) is 1.18. The lowest BCUT2D eigenvalue weighted by molar-refractivity contribution is -0.671. The average molecular weight is 162 g/mol. The second kappa shape index (κ2) is 2.73. The Morgan fingerprint density at radius 3 is 3.08 bits per heavy atom. The molecule has 2 heterocycles. The summed E-state index contributed by atoms with van der Waals surface area (Å²) in [6.45, 7) is 0. The number of hydrogen-bond acceptors (Lipinski definition) is 3. The lowest BCUT2D eigenvalue weighted by atomic mass is 10.3. The van der Waals surface area contributed by atoms with Crippen LogP contribution in [0.5, 0.6) is 0 Å². The normalized spacial score (nSPS) is 10.1. The van der Waals surface area contributed by atoms with E-state index in [4.69, 9.17) is 0 Å². The van der Waals surface area contributed by atoms with Gasteiger partial charge < -0.3 is 4.52 Å². The molecule has 2 rings (SSSR count). The van der Waals surface area contributed by atoms with Crippen molar-refractivity contribution in [2.24, 2.45) is 7.05 Å². The molecular weight excluding hydrogens is 154 g/mol. The molecule has 0 bridgehead atoms. The molecule has 0 N–H and O–H groups in total. The van der Waals surface area contributed by atoms with Crippen LogP contribution in [0.4, 0.5) is 0 Å². The van der Waals surface area contributed by atoms with E-state index in [9.17, 15) is 0 Å². The summed E-state index contributed by atoms with van der Waals surface area (Å²) >= 11 is 0. The van der Waals surface area contributed by atoms with E-state index in [1.54, 1.807) is 0 Å². The van der Waals surface area contributed by atoms with Gasteiger partial charge >= 0.3 is 0 Å². The van der Waals surface area contributed by atoms with Crippen LogP contribution in [0.2, 0.25) is 0 Å². The average Bonchev–Trinajstić information content (AvgIpc) is 2.56. The van der Waals surface area contributed by atoms with Gasteiger partial charge in [-0.05, 0) is 6.07 Å². The summed E-state index contributed by atoms with van der Waals surface area (Å²) in [6, 6.07) is 3.87. The molecule has 0 saturated heterocycles. The minimum atomic E-state index is 0.617. The third-order valence-electron chi connectivity index (χ3n) is 1.56. The summed E-state index contributed by atoms with van der Waals surface area (Å²) in [6.07, 6.45) is 5.21. The fourth-order valence-corrected chi connectivity index (χ4v) is 1.02. The molecule has 0 fully saturated rings. The molecule has 12 heavy (non-hydrogen) atoms. The van der Waals surface area contributed by atoms with Gasteiger partial charge in [-0.15, -0.1) is 0 Å². The first kappa shape index (κ1) is 6.97. The van der Waals surface area contributed by atoms with Gasteiger partial charge in [-0.25, -0.2) is 4.57 Å². The smallest absolute Gasteiger partial charge is 0.214 e. The van der Waals surface area contributed by atoms with Crippen LogP contribution in [0.1, 0.15) is 0 Å². The second-order valence-corrected chi connectivity index (χ2v) is 2.51. The van der Waals surface area contributed by atoms with Crippen LogP contribution in [0.3, 0.4) is 0 Å². The topological polar surface area (TPSA) is 42.8 Å². The minimum Gasteiger partial charge on any atom is -0.342 e. The van der Waals surface area contributed by atoms with Crippen LogP contribution in [0, 0.1) is 0 Å². The van der Waals surface area contributed by atoms with Crippen molar-refractivity contribution in [3.05, 3.63) is 30.9 Å². The largest absolute Gasteiger partial charge is 0.342 e. The summed E-state index contributed by atoms with van der Waals surface area (Å²) in [7, 11) is 1.95. The summed E-state index contributed by atoms with van der Waals surface area (Å²) in [5.41, 5.74) is 0.953. The molecule has 4 heteroatoms. The first-order chi connectivity index (χ1) is 5.86. The molecule has 0 aliphatic rings. The van der Waals surface area contributed by atoms with Gasteiger partial charge in [0, 0.05) is 6.07 Å². The Balaban J connectivity index is 2.48. The van der Waals surface area contributed by atoms with Crippen molar-refractivity contribution in [2.45, 2.75) is 0 Å². The first-order valence-corrected chi connectivity index (χ1v) is 3.58. The SMILES string of the molecule is C[n+]1cccc(-c2ncon2)c1.